The fourth-order valence-electron chi connectivity index (χ4n) is 2.67. The van der Waals surface area contributed by atoms with E-state index < -0.39 is 0 Å². The van der Waals surface area contributed by atoms with E-state index in [1.165, 1.54) is 11.3 Å². The molecule has 106 valence electrons. The second-order valence-corrected chi connectivity index (χ2v) is 7.25. The molecule has 5 heteroatoms. The molecule has 19 heavy (non-hydrogen) atoms. The van der Waals surface area contributed by atoms with E-state index in [1.54, 1.807) is 11.3 Å². The van der Waals surface area contributed by atoms with Gasteiger partial charge in [0.2, 0.25) is 5.91 Å². The number of nitrogens with zero attached hydrogens (tertiary/aromatic N) is 1. The van der Waals surface area contributed by atoms with E-state index in [-0.39, 0.29) is 17.9 Å². The maximum Gasteiger partial charge on any atom is 0.227 e. The molecule has 1 amide bonds. The van der Waals surface area contributed by atoms with Gasteiger partial charge in [0.05, 0.1) is 12.5 Å². The molecular formula is C14H21BrN2OS. The summed E-state index contributed by atoms with van der Waals surface area (Å²) in [7, 11) is 1.88. The van der Waals surface area contributed by atoms with Gasteiger partial charge in [-0.15, -0.1) is 11.3 Å². The van der Waals surface area contributed by atoms with Crippen molar-refractivity contribution in [3.63, 3.8) is 0 Å². The molecule has 0 bridgehead atoms. The number of carbonyl (C=O) groups is 1. The van der Waals surface area contributed by atoms with Gasteiger partial charge in [-0.1, -0.05) is 19.3 Å². The van der Waals surface area contributed by atoms with E-state index in [4.69, 9.17) is 5.73 Å². The average molecular weight is 345 g/mol. The van der Waals surface area contributed by atoms with Crippen LogP contribution >= 0.6 is 27.3 Å². The smallest absolute Gasteiger partial charge is 0.227 e. The first-order chi connectivity index (χ1) is 9.08. The summed E-state index contributed by atoms with van der Waals surface area (Å²) in [5.41, 5.74) is 6.16. The predicted molar refractivity (Wildman–Crippen MR) is 83.0 cm³/mol. The van der Waals surface area contributed by atoms with Gasteiger partial charge in [0, 0.05) is 27.8 Å². The topological polar surface area (TPSA) is 46.3 Å². The van der Waals surface area contributed by atoms with Gasteiger partial charge in [-0.05, 0) is 34.8 Å². The van der Waals surface area contributed by atoms with Crippen LogP contribution in [0.4, 0.5) is 0 Å². The van der Waals surface area contributed by atoms with Crippen LogP contribution in [0.5, 0.6) is 0 Å². The highest BCUT2D eigenvalue weighted by Gasteiger charge is 2.29. The first-order valence-corrected chi connectivity index (χ1v) is 8.48. The number of thiophene rings is 1. The zero-order valence-electron chi connectivity index (χ0n) is 11.3. The van der Waals surface area contributed by atoms with Crippen molar-refractivity contribution < 1.29 is 4.79 Å². The first-order valence-electron chi connectivity index (χ1n) is 6.81. The van der Waals surface area contributed by atoms with Gasteiger partial charge < -0.3 is 10.6 Å². The maximum absolute atomic E-state index is 12.5. The number of hydrogen-bond acceptors (Lipinski definition) is 3. The fraction of sp³-hybridized carbons (Fsp3) is 0.643. The van der Waals surface area contributed by atoms with E-state index in [2.05, 4.69) is 22.0 Å². The highest BCUT2D eigenvalue weighted by molar-refractivity contribution is 9.10. The van der Waals surface area contributed by atoms with Gasteiger partial charge in [-0.3, -0.25) is 4.79 Å². The van der Waals surface area contributed by atoms with Crippen LogP contribution in [0.3, 0.4) is 0 Å². The molecule has 0 aliphatic heterocycles. The Hall–Kier alpha value is -0.390. The third-order valence-electron chi connectivity index (χ3n) is 3.78. The van der Waals surface area contributed by atoms with E-state index in [0.717, 1.165) is 30.2 Å². The van der Waals surface area contributed by atoms with Gasteiger partial charge in [-0.25, -0.2) is 0 Å². The lowest BCUT2D eigenvalue weighted by Gasteiger charge is -2.26. The largest absolute Gasteiger partial charge is 0.340 e. The summed E-state index contributed by atoms with van der Waals surface area (Å²) in [6.07, 6.45) is 5.42. The minimum Gasteiger partial charge on any atom is -0.340 e. The highest BCUT2D eigenvalue weighted by Crippen LogP contribution is 2.25. The van der Waals surface area contributed by atoms with E-state index in [1.807, 2.05) is 17.3 Å². The van der Waals surface area contributed by atoms with Crippen molar-refractivity contribution in [3.05, 3.63) is 20.8 Å². The molecular weight excluding hydrogens is 324 g/mol. The molecule has 1 aliphatic carbocycles. The molecule has 2 rings (SSSR count). The number of nitrogens with two attached hydrogens (primary N) is 1. The number of amides is 1. The minimum absolute atomic E-state index is 0.0101. The van der Waals surface area contributed by atoms with Crippen molar-refractivity contribution in [2.45, 2.75) is 44.7 Å². The van der Waals surface area contributed by atoms with Gasteiger partial charge in [-0.2, -0.15) is 0 Å². The van der Waals surface area contributed by atoms with Crippen LogP contribution in [-0.2, 0) is 11.3 Å². The van der Waals surface area contributed by atoms with Gasteiger partial charge in [0.25, 0.3) is 0 Å². The summed E-state index contributed by atoms with van der Waals surface area (Å²) in [6, 6.07) is 2.11. The molecule has 1 aliphatic rings. The molecule has 2 N–H and O–H groups in total. The SMILES string of the molecule is CN(Cc1cc(Br)cs1)C(=O)C1CCCCCC1N. The Bertz CT molecular complexity index is 435. The van der Waals surface area contributed by atoms with E-state index >= 15 is 0 Å². The Balaban J connectivity index is 1.97. The molecule has 0 radical (unpaired) electrons. The molecule has 0 aromatic carbocycles. The van der Waals surface area contributed by atoms with Crippen LogP contribution < -0.4 is 5.73 Å². The van der Waals surface area contributed by atoms with Crippen LogP contribution in [0.2, 0.25) is 0 Å². The van der Waals surface area contributed by atoms with Crippen molar-refractivity contribution in [1.29, 1.82) is 0 Å². The number of rotatable bonds is 3. The van der Waals surface area contributed by atoms with E-state index in [9.17, 15) is 4.79 Å². The van der Waals surface area contributed by atoms with Crippen LogP contribution in [0.1, 0.15) is 37.0 Å². The second-order valence-electron chi connectivity index (χ2n) is 5.33. The molecule has 1 saturated carbocycles. The summed E-state index contributed by atoms with van der Waals surface area (Å²) in [5.74, 6) is 0.217. The quantitative estimate of drug-likeness (QED) is 0.854. The molecule has 2 unspecified atom stereocenters. The fourth-order valence-corrected chi connectivity index (χ4v) is 4.18. The summed E-state index contributed by atoms with van der Waals surface area (Å²) in [5, 5.41) is 2.05. The van der Waals surface area contributed by atoms with Crippen molar-refractivity contribution in [1.82, 2.24) is 4.90 Å². The highest BCUT2D eigenvalue weighted by atomic mass is 79.9. The van der Waals surface area contributed by atoms with Gasteiger partial charge in [0.1, 0.15) is 0 Å². The predicted octanol–water partition coefficient (Wildman–Crippen LogP) is 3.38. The van der Waals surface area contributed by atoms with Crippen LogP contribution in [-0.4, -0.2) is 23.9 Å². The first kappa shape index (κ1) is 15.0. The molecule has 1 heterocycles. The molecule has 1 fully saturated rings. The Morgan fingerprint density at radius 1 is 1.47 bits per heavy atom. The molecule has 3 nitrogen and oxygen atoms in total. The van der Waals surface area contributed by atoms with Crippen LogP contribution in [0.15, 0.2) is 15.9 Å². The standard InChI is InChI=1S/C14H21BrN2OS/c1-17(8-11-7-10(15)9-19-11)14(18)12-5-3-2-4-6-13(12)16/h7,9,12-13H,2-6,8,16H2,1H3. The lowest BCUT2D eigenvalue weighted by Crippen LogP contribution is -2.41. The summed E-state index contributed by atoms with van der Waals surface area (Å²) in [4.78, 5) is 15.5. The lowest BCUT2D eigenvalue weighted by atomic mass is 9.94. The molecule has 2 atom stereocenters. The summed E-state index contributed by atoms with van der Waals surface area (Å²) >= 11 is 5.12. The van der Waals surface area contributed by atoms with Crippen LogP contribution in [0.25, 0.3) is 0 Å². The Morgan fingerprint density at radius 2 is 2.21 bits per heavy atom. The van der Waals surface area contributed by atoms with Crippen LogP contribution in [0, 0.1) is 5.92 Å². The number of carbonyl (C=O) groups excluding carboxylic acids is 1. The third-order valence-corrected chi connectivity index (χ3v) is 5.46. The van der Waals surface area contributed by atoms with Gasteiger partial charge in [0.15, 0.2) is 0 Å². The van der Waals surface area contributed by atoms with Crippen molar-refractivity contribution in [3.8, 4) is 0 Å². The zero-order chi connectivity index (χ0) is 13.8. The molecule has 0 saturated heterocycles. The van der Waals surface area contributed by atoms with Crippen molar-refractivity contribution in [2.75, 3.05) is 7.05 Å². The molecule has 1 aromatic rings. The normalized spacial score (nSPS) is 23.9. The monoisotopic (exact) mass is 344 g/mol. The van der Waals surface area contributed by atoms with Gasteiger partial charge >= 0.3 is 0 Å². The zero-order valence-corrected chi connectivity index (χ0v) is 13.7. The Morgan fingerprint density at radius 3 is 2.89 bits per heavy atom. The summed E-state index contributed by atoms with van der Waals surface area (Å²) in [6.45, 7) is 0.679. The summed E-state index contributed by atoms with van der Waals surface area (Å²) < 4.78 is 1.08. The third kappa shape index (κ3) is 4.04. The molecule has 0 spiro atoms. The second kappa shape index (κ2) is 6.86. The maximum atomic E-state index is 12.5. The average Bonchev–Trinajstić information content (AvgIpc) is 2.66. The Kier molecular flexibility index (Phi) is 5.42. The lowest BCUT2D eigenvalue weighted by molar-refractivity contribution is -0.135. The Labute approximate surface area is 127 Å². The number of hydrogen-bond donors (Lipinski definition) is 1. The van der Waals surface area contributed by atoms with Crippen molar-refractivity contribution in [2.24, 2.45) is 11.7 Å². The minimum atomic E-state index is 0.0101. The van der Waals surface area contributed by atoms with E-state index in [0.29, 0.717) is 6.54 Å². The van der Waals surface area contributed by atoms with Crippen molar-refractivity contribution >= 4 is 33.2 Å². The number of halogens is 1. The molecule has 1 aromatic heterocycles.